The first-order valence-corrected chi connectivity index (χ1v) is 6.75. The van der Waals surface area contributed by atoms with Crippen molar-refractivity contribution >= 4 is 0 Å². The average Bonchev–Trinajstić information content (AvgIpc) is 2.31. The molecule has 1 N–H and O–H groups in total. The molecule has 0 aromatic rings. The van der Waals surface area contributed by atoms with Crippen LogP contribution in [-0.4, -0.2) is 38.5 Å². The Morgan fingerprint density at radius 2 is 2.12 bits per heavy atom. The van der Waals surface area contributed by atoms with Crippen molar-refractivity contribution in [2.45, 2.75) is 56.7 Å². The van der Waals surface area contributed by atoms with Crippen molar-refractivity contribution < 1.29 is 9.47 Å². The fourth-order valence-electron chi connectivity index (χ4n) is 3.00. The maximum Gasteiger partial charge on any atom is 0.0707 e. The van der Waals surface area contributed by atoms with Crippen LogP contribution in [0.25, 0.3) is 0 Å². The number of ether oxygens (including phenoxy) is 2. The number of hydrogen-bond acceptors (Lipinski definition) is 3. The zero-order valence-corrected chi connectivity index (χ0v) is 10.5. The van der Waals surface area contributed by atoms with Gasteiger partial charge in [0.05, 0.1) is 18.3 Å². The van der Waals surface area contributed by atoms with Crippen LogP contribution in [0.2, 0.25) is 0 Å². The molecule has 1 unspecified atom stereocenters. The lowest BCUT2D eigenvalue weighted by Gasteiger charge is -2.43. The second-order valence-corrected chi connectivity index (χ2v) is 5.18. The van der Waals surface area contributed by atoms with Gasteiger partial charge in [0.25, 0.3) is 0 Å². The molecule has 2 rings (SSSR count). The molecule has 3 heteroatoms. The number of nitrogens with one attached hydrogen (secondary N) is 1. The molecule has 0 bridgehead atoms. The fourth-order valence-corrected chi connectivity index (χ4v) is 3.00. The smallest absolute Gasteiger partial charge is 0.0707 e. The van der Waals surface area contributed by atoms with Crippen molar-refractivity contribution in [3.8, 4) is 0 Å². The van der Waals surface area contributed by atoms with Crippen molar-refractivity contribution in [3.63, 3.8) is 0 Å². The first kappa shape index (κ1) is 12.3. The lowest BCUT2D eigenvalue weighted by Crippen LogP contribution is -2.44. The Morgan fingerprint density at radius 1 is 1.31 bits per heavy atom. The fraction of sp³-hybridized carbons (Fsp3) is 1.00. The lowest BCUT2D eigenvalue weighted by atomic mass is 9.79. The highest BCUT2D eigenvalue weighted by Gasteiger charge is 2.38. The van der Waals surface area contributed by atoms with Gasteiger partial charge in [-0.1, -0.05) is 19.3 Å². The molecule has 0 aromatic heterocycles. The summed E-state index contributed by atoms with van der Waals surface area (Å²) in [4.78, 5) is 0. The molecule has 0 aromatic carbocycles. The third-order valence-electron chi connectivity index (χ3n) is 3.92. The van der Waals surface area contributed by atoms with E-state index < -0.39 is 0 Å². The Labute approximate surface area is 98.9 Å². The van der Waals surface area contributed by atoms with Crippen molar-refractivity contribution in [1.29, 1.82) is 0 Å². The Morgan fingerprint density at radius 3 is 2.88 bits per heavy atom. The highest BCUT2D eigenvalue weighted by atomic mass is 16.5. The lowest BCUT2D eigenvalue weighted by molar-refractivity contribution is -0.147. The predicted molar refractivity (Wildman–Crippen MR) is 64.7 cm³/mol. The maximum atomic E-state index is 6.05. The topological polar surface area (TPSA) is 30.5 Å². The van der Waals surface area contributed by atoms with Gasteiger partial charge in [0, 0.05) is 19.6 Å². The number of likely N-dealkylation sites (N-methyl/N-ethyl adjacent to an activating group) is 1. The van der Waals surface area contributed by atoms with Crippen LogP contribution in [-0.2, 0) is 9.47 Å². The monoisotopic (exact) mass is 227 g/mol. The molecule has 0 amide bonds. The van der Waals surface area contributed by atoms with Gasteiger partial charge in [-0.3, -0.25) is 0 Å². The van der Waals surface area contributed by atoms with E-state index in [0.29, 0.717) is 6.10 Å². The maximum absolute atomic E-state index is 6.05. The van der Waals surface area contributed by atoms with Crippen molar-refractivity contribution in [2.24, 2.45) is 0 Å². The van der Waals surface area contributed by atoms with Gasteiger partial charge < -0.3 is 14.8 Å². The zero-order valence-electron chi connectivity index (χ0n) is 10.5. The van der Waals surface area contributed by atoms with Gasteiger partial charge in [0.2, 0.25) is 0 Å². The standard InChI is InChI=1S/C13H25NO2/c1-14-8-10-15-12-5-9-16-13(11-12)6-3-2-4-7-13/h12,14H,2-11H2,1H3. The van der Waals surface area contributed by atoms with Crippen molar-refractivity contribution in [1.82, 2.24) is 5.32 Å². The first-order chi connectivity index (χ1) is 7.85. The molecule has 2 fully saturated rings. The minimum atomic E-state index is 0.181. The van der Waals surface area contributed by atoms with Crippen LogP contribution in [0.3, 0.4) is 0 Å². The molecule has 1 spiro atoms. The molecule has 1 heterocycles. The van der Waals surface area contributed by atoms with Gasteiger partial charge in [-0.15, -0.1) is 0 Å². The summed E-state index contributed by atoms with van der Waals surface area (Å²) in [7, 11) is 1.97. The van der Waals surface area contributed by atoms with E-state index in [1.807, 2.05) is 7.05 Å². The number of hydrogen-bond donors (Lipinski definition) is 1. The summed E-state index contributed by atoms with van der Waals surface area (Å²) in [6.45, 7) is 2.67. The van der Waals surface area contributed by atoms with Crippen LogP contribution in [0.5, 0.6) is 0 Å². The molecule has 94 valence electrons. The van der Waals surface area contributed by atoms with E-state index in [0.717, 1.165) is 32.6 Å². The molecule has 0 radical (unpaired) electrons. The normalized spacial score (nSPS) is 29.4. The third kappa shape index (κ3) is 3.19. The molecule has 1 aliphatic heterocycles. The van der Waals surface area contributed by atoms with E-state index in [1.165, 1.54) is 32.1 Å². The largest absolute Gasteiger partial charge is 0.377 e. The molecular formula is C13H25NO2. The second kappa shape index (κ2) is 5.99. The molecule has 2 aliphatic rings. The molecule has 1 aliphatic carbocycles. The quantitative estimate of drug-likeness (QED) is 0.746. The van der Waals surface area contributed by atoms with Crippen LogP contribution in [0.15, 0.2) is 0 Å². The van der Waals surface area contributed by atoms with E-state index in [9.17, 15) is 0 Å². The minimum absolute atomic E-state index is 0.181. The summed E-state index contributed by atoms with van der Waals surface area (Å²) >= 11 is 0. The van der Waals surface area contributed by atoms with Gasteiger partial charge in [-0.25, -0.2) is 0 Å². The van der Waals surface area contributed by atoms with Crippen LogP contribution in [0, 0.1) is 0 Å². The van der Waals surface area contributed by atoms with Gasteiger partial charge in [-0.2, -0.15) is 0 Å². The summed E-state index contributed by atoms with van der Waals surface area (Å²) in [5.74, 6) is 0. The highest BCUT2D eigenvalue weighted by molar-refractivity contribution is 4.90. The molecule has 1 saturated carbocycles. The van der Waals surface area contributed by atoms with E-state index in [1.54, 1.807) is 0 Å². The molecule has 16 heavy (non-hydrogen) atoms. The molecule has 3 nitrogen and oxygen atoms in total. The van der Waals surface area contributed by atoms with Gasteiger partial charge in [-0.05, 0) is 26.3 Å². The molecule has 1 saturated heterocycles. The highest BCUT2D eigenvalue weighted by Crippen LogP contribution is 2.39. The third-order valence-corrected chi connectivity index (χ3v) is 3.92. The summed E-state index contributed by atoms with van der Waals surface area (Å²) < 4.78 is 12.0. The van der Waals surface area contributed by atoms with Crippen LogP contribution in [0.4, 0.5) is 0 Å². The van der Waals surface area contributed by atoms with Gasteiger partial charge >= 0.3 is 0 Å². The Kier molecular flexibility index (Phi) is 4.62. The van der Waals surface area contributed by atoms with Crippen LogP contribution < -0.4 is 5.32 Å². The zero-order chi connectivity index (χ0) is 11.3. The van der Waals surface area contributed by atoms with Crippen molar-refractivity contribution in [2.75, 3.05) is 26.8 Å². The summed E-state index contributed by atoms with van der Waals surface area (Å²) in [6, 6.07) is 0. The molecular weight excluding hydrogens is 202 g/mol. The summed E-state index contributed by atoms with van der Waals surface area (Å²) in [6.07, 6.45) is 9.18. The minimum Gasteiger partial charge on any atom is -0.377 e. The SMILES string of the molecule is CNCCOC1CCOC2(CCCCC2)C1. The van der Waals surface area contributed by atoms with Gasteiger partial charge in [0.15, 0.2) is 0 Å². The summed E-state index contributed by atoms with van der Waals surface area (Å²) in [5, 5.41) is 3.12. The average molecular weight is 227 g/mol. The Balaban J connectivity index is 1.78. The second-order valence-electron chi connectivity index (χ2n) is 5.18. The molecule has 1 atom stereocenters. The predicted octanol–water partition coefficient (Wildman–Crippen LogP) is 2.10. The van der Waals surface area contributed by atoms with E-state index in [2.05, 4.69) is 5.32 Å². The van der Waals surface area contributed by atoms with Crippen LogP contribution in [0.1, 0.15) is 44.9 Å². The number of rotatable bonds is 4. The van der Waals surface area contributed by atoms with E-state index >= 15 is 0 Å². The van der Waals surface area contributed by atoms with E-state index in [4.69, 9.17) is 9.47 Å². The Bertz CT molecular complexity index is 197. The van der Waals surface area contributed by atoms with Crippen LogP contribution >= 0.6 is 0 Å². The van der Waals surface area contributed by atoms with Crippen molar-refractivity contribution in [3.05, 3.63) is 0 Å². The Hall–Kier alpha value is -0.120. The van der Waals surface area contributed by atoms with Gasteiger partial charge in [0.1, 0.15) is 0 Å². The summed E-state index contributed by atoms with van der Waals surface area (Å²) in [5.41, 5.74) is 0.181. The van der Waals surface area contributed by atoms with E-state index in [-0.39, 0.29) is 5.60 Å². The first-order valence-electron chi connectivity index (χ1n) is 6.75.